The molecule has 0 bridgehead atoms. The second kappa shape index (κ2) is 8.37. The molecule has 0 aliphatic rings. The second-order valence-corrected chi connectivity index (χ2v) is 7.17. The molecule has 0 atom stereocenters. The van der Waals surface area contributed by atoms with Gasteiger partial charge in [-0.25, -0.2) is 4.98 Å². The molecule has 0 aliphatic carbocycles. The van der Waals surface area contributed by atoms with Crippen LogP contribution in [0.5, 0.6) is 0 Å². The van der Waals surface area contributed by atoms with Gasteiger partial charge in [-0.15, -0.1) is 10.2 Å². The van der Waals surface area contributed by atoms with Crippen LogP contribution in [0, 0.1) is 0 Å². The largest absolute Gasteiger partial charge is 0.370 e. The molecular formula is C16H13BrClN5OS. The fourth-order valence-corrected chi connectivity index (χ4v) is 3.17. The molecule has 0 saturated heterocycles. The van der Waals surface area contributed by atoms with E-state index in [2.05, 4.69) is 41.7 Å². The first kappa shape index (κ1) is 17.8. The Labute approximate surface area is 161 Å². The minimum atomic E-state index is -0.265. The lowest BCUT2D eigenvalue weighted by atomic mass is 10.1. The van der Waals surface area contributed by atoms with E-state index in [-0.39, 0.29) is 5.91 Å². The molecule has 2 N–H and O–H groups in total. The minimum absolute atomic E-state index is 0.265. The number of halogens is 2. The number of carbonyl (C=O) groups is 1. The summed E-state index contributed by atoms with van der Waals surface area (Å²) in [7, 11) is 0. The van der Waals surface area contributed by atoms with Crippen molar-refractivity contribution in [2.45, 2.75) is 6.42 Å². The predicted octanol–water partition coefficient (Wildman–Crippen LogP) is 4.26. The van der Waals surface area contributed by atoms with Crippen LogP contribution in [0.4, 0.5) is 10.9 Å². The van der Waals surface area contributed by atoms with Gasteiger partial charge in [-0.1, -0.05) is 38.9 Å². The maximum Gasteiger partial charge on any atom is 0.259 e. The third kappa shape index (κ3) is 4.97. The first-order chi connectivity index (χ1) is 12.1. The molecule has 128 valence electrons. The predicted molar refractivity (Wildman–Crippen MR) is 103 cm³/mol. The molecule has 1 amide bonds. The van der Waals surface area contributed by atoms with Crippen LogP contribution in [-0.2, 0) is 6.42 Å². The van der Waals surface area contributed by atoms with Gasteiger partial charge in [0.2, 0.25) is 5.13 Å². The van der Waals surface area contributed by atoms with E-state index < -0.39 is 0 Å². The number of carbonyl (C=O) groups excluding carboxylic acids is 1. The zero-order valence-corrected chi connectivity index (χ0v) is 16.0. The number of hydrogen-bond donors (Lipinski definition) is 2. The molecule has 0 saturated carbocycles. The fraction of sp³-hybridized carbons (Fsp3) is 0.125. The molecule has 0 unspecified atom stereocenters. The maximum atomic E-state index is 12.0. The first-order valence-corrected chi connectivity index (χ1v) is 9.38. The Bertz CT molecular complexity index is 857. The fourth-order valence-electron chi connectivity index (χ4n) is 2.09. The smallest absolute Gasteiger partial charge is 0.259 e. The SMILES string of the molecule is O=C(Nc1nncs1)c1ccc(NCCc2cc(Cl)ccc2Br)nc1. The van der Waals surface area contributed by atoms with Crippen molar-refractivity contribution in [3.8, 4) is 0 Å². The highest BCUT2D eigenvalue weighted by atomic mass is 79.9. The molecule has 1 aromatic carbocycles. The molecule has 0 aliphatic heterocycles. The Hall–Kier alpha value is -2.03. The highest BCUT2D eigenvalue weighted by Gasteiger charge is 2.08. The molecule has 9 heteroatoms. The summed E-state index contributed by atoms with van der Waals surface area (Å²) in [6, 6.07) is 9.18. The van der Waals surface area contributed by atoms with Crippen molar-refractivity contribution < 1.29 is 4.79 Å². The van der Waals surface area contributed by atoms with E-state index in [0.29, 0.717) is 28.1 Å². The summed E-state index contributed by atoms with van der Waals surface area (Å²) in [5.41, 5.74) is 3.13. The second-order valence-electron chi connectivity index (χ2n) is 5.04. The molecule has 3 aromatic rings. The quantitative estimate of drug-likeness (QED) is 0.601. The molecule has 2 aromatic heterocycles. The van der Waals surface area contributed by atoms with Crippen LogP contribution in [0.1, 0.15) is 15.9 Å². The van der Waals surface area contributed by atoms with Crippen molar-refractivity contribution in [2.75, 3.05) is 17.2 Å². The Morgan fingerprint density at radius 3 is 2.88 bits per heavy atom. The van der Waals surface area contributed by atoms with Crippen molar-refractivity contribution >= 4 is 55.7 Å². The van der Waals surface area contributed by atoms with Gasteiger partial charge >= 0.3 is 0 Å². The van der Waals surface area contributed by atoms with Gasteiger partial charge in [-0.05, 0) is 42.3 Å². The number of aromatic nitrogens is 3. The molecule has 3 rings (SSSR count). The van der Waals surface area contributed by atoms with Gasteiger partial charge in [0.15, 0.2) is 0 Å². The molecule has 2 heterocycles. The van der Waals surface area contributed by atoms with E-state index in [9.17, 15) is 4.79 Å². The maximum absolute atomic E-state index is 12.0. The first-order valence-electron chi connectivity index (χ1n) is 7.33. The topological polar surface area (TPSA) is 79.8 Å². The van der Waals surface area contributed by atoms with Crippen LogP contribution >= 0.6 is 38.9 Å². The van der Waals surface area contributed by atoms with Gasteiger partial charge in [-0.3, -0.25) is 10.1 Å². The summed E-state index contributed by atoms with van der Waals surface area (Å²) in [4.78, 5) is 16.3. The van der Waals surface area contributed by atoms with Gasteiger partial charge < -0.3 is 5.32 Å². The lowest BCUT2D eigenvalue weighted by Gasteiger charge is -2.08. The molecule has 25 heavy (non-hydrogen) atoms. The number of anilines is 2. The Balaban J connectivity index is 1.54. The van der Waals surface area contributed by atoms with Crippen LogP contribution in [-0.4, -0.2) is 27.6 Å². The van der Waals surface area contributed by atoms with Gasteiger partial charge in [0.1, 0.15) is 11.3 Å². The van der Waals surface area contributed by atoms with Crippen molar-refractivity contribution in [1.29, 1.82) is 0 Å². The van der Waals surface area contributed by atoms with Gasteiger partial charge in [0.25, 0.3) is 5.91 Å². The van der Waals surface area contributed by atoms with Crippen LogP contribution in [0.2, 0.25) is 5.02 Å². The summed E-state index contributed by atoms with van der Waals surface area (Å²) in [6.07, 6.45) is 2.32. The van der Waals surface area contributed by atoms with Crippen molar-refractivity contribution in [2.24, 2.45) is 0 Å². The van der Waals surface area contributed by atoms with Crippen LogP contribution in [0.3, 0.4) is 0 Å². The lowest BCUT2D eigenvalue weighted by molar-refractivity contribution is 0.102. The van der Waals surface area contributed by atoms with E-state index in [1.807, 2.05) is 18.2 Å². The van der Waals surface area contributed by atoms with E-state index in [4.69, 9.17) is 11.6 Å². The molecular weight excluding hydrogens is 426 g/mol. The highest BCUT2D eigenvalue weighted by molar-refractivity contribution is 9.10. The Kier molecular flexibility index (Phi) is 5.95. The summed E-state index contributed by atoms with van der Waals surface area (Å²) < 4.78 is 1.02. The molecule has 6 nitrogen and oxygen atoms in total. The monoisotopic (exact) mass is 437 g/mol. The summed E-state index contributed by atoms with van der Waals surface area (Å²) in [5.74, 6) is 0.435. The molecule has 0 fully saturated rings. The highest BCUT2D eigenvalue weighted by Crippen LogP contribution is 2.21. The van der Waals surface area contributed by atoms with Gasteiger partial charge in [0, 0.05) is 22.2 Å². The summed E-state index contributed by atoms with van der Waals surface area (Å²) in [6.45, 7) is 0.697. The molecule has 0 radical (unpaired) electrons. The van der Waals surface area contributed by atoms with E-state index >= 15 is 0 Å². The van der Waals surface area contributed by atoms with E-state index in [1.54, 1.807) is 17.6 Å². The van der Waals surface area contributed by atoms with E-state index in [1.165, 1.54) is 17.5 Å². The molecule has 0 spiro atoms. The minimum Gasteiger partial charge on any atom is -0.370 e. The number of rotatable bonds is 6. The van der Waals surface area contributed by atoms with Crippen molar-refractivity contribution in [1.82, 2.24) is 15.2 Å². The van der Waals surface area contributed by atoms with Crippen LogP contribution < -0.4 is 10.6 Å². The van der Waals surface area contributed by atoms with E-state index in [0.717, 1.165) is 16.5 Å². The standard InChI is InChI=1S/C16H13BrClN5OS/c17-13-3-2-12(18)7-10(13)5-6-19-14-4-1-11(8-20-14)15(24)22-16-23-21-9-25-16/h1-4,7-9H,5-6H2,(H,19,20)(H,22,23,24). The number of benzene rings is 1. The van der Waals surface area contributed by atoms with Crippen LogP contribution in [0.25, 0.3) is 0 Å². The van der Waals surface area contributed by atoms with Crippen molar-refractivity contribution in [3.05, 3.63) is 62.7 Å². The number of pyridine rings is 1. The summed E-state index contributed by atoms with van der Waals surface area (Å²) in [5, 5.41) is 14.5. The summed E-state index contributed by atoms with van der Waals surface area (Å²) >= 11 is 10.8. The van der Waals surface area contributed by atoms with Gasteiger partial charge in [0.05, 0.1) is 5.56 Å². The normalized spacial score (nSPS) is 10.5. The van der Waals surface area contributed by atoms with Crippen LogP contribution in [0.15, 0.2) is 46.5 Å². The average molecular weight is 439 g/mol. The number of amides is 1. The Morgan fingerprint density at radius 1 is 1.28 bits per heavy atom. The zero-order valence-electron chi connectivity index (χ0n) is 12.9. The van der Waals surface area contributed by atoms with Gasteiger partial charge in [-0.2, -0.15) is 0 Å². The number of hydrogen-bond acceptors (Lipinski definition) is 6. The average Bonchev–Trinajstić information content (AvgIpc) is 3.11. The number of nitrogens with one attached hydrogen (secondary N) is 2. The van der Waals surface area contributed by atoms with Crippen molar-refractivity contribution in [3.63, 3.8) is 0 Å². The third-order valence-electron chi connectivity index (χ3n) is 3.31. The third-order valence-corrected chi connectivity index (χ3v) is 4.93. The zero-order chi connectivity index (χ0) is 17.6. The number of nitrogens with zero attached hydrogens (tertiary/aromatic N) is 3. The lowest BCUT2D eigenvalue weighted by Crippen LogP contribution is -2.13. The Morgan fingerprint density at radius 2 is 2.16 bits per heavy atom.